The van der Waals surface area contributed by atoms with Gasteiger partial charge in [0.2, 0.25) is 0 Å². The van der Waals surface area contributed by atoms with Crippen LogP contribution in [-0.2, 0) is 30.2 Å². The van der Waals surface area contributed by atoms with Gasteiger partial charge in [0, 0.05) is 51.2 Å². The van der Waals surface area contributed by atoms with Crippen molar-refractivity contribution in [3.63, 3.8) is 0 Å². The van der Waals surface area contributed by atoms with Crippen molar-refractivity contribution in [2.24, 2.45) is 13.0 Å². The van der Waals surface area contributed by atoms with Gasteiger partial charge in [-0.25, -0.2) is 18.4 Å². The third-order valence-electron chi connectivity index (χ3n) is 3.94. The average Bonchev–Trinajstić information content (AvgIpc) is 3.04. The van der Waals surface area contributed by atoms with Gasteiger partial charge in [0.15, 0.2) is 5.03 Å². The molecule has 0 aromatic carbocycles. The highest BCUT2D eigenvalue weighted by Crippen LogP contribution is 2.22. The monoisotopic (exact) mass is 338 g/mol. The molecule has 8 nitrogen and oxygen atoms in total. The lowest BCUT2D eigenvalue weighted by Crippen LogP contribution is -2.37. The molecule has 0 radical (unpaired) electrons. The van der Waals surface area contributed by atoms with Crippen LogP contribution in [0.4, 0.5) is 0 Å². The van der Waals surface area contributed by atoms with Crippen molar-refractivity contribution in [3.05, 3.63) is 30.7 Å². The molecule has 3 rings (SSSR count). The molecule has 0 aliphatic carbocycles. The zero-order valence-electron chi connectivity index (χ0n) is 13.6. The maximum absolute atomic E-state index is 12.9. The Hall–Kier alpha value is -1.71. The SMILES string of the molecule is CN(C)C[C@H]1CN(S(=O)(=O)c2cn(C)cn2)Cc2nccn2C1. The lowest BCUT2D eigenvalue weighted by molar-refractivity contribution is 0.264. The fourth-order valence-electron chi connectivity index (χ4n) is 2.97. The first-order valence-corrected chi connectivity index (χ1v) is 8.93. The fourth-order valence-corrected chi connectivity index (χ4v) is 4.41. The summed E-state index contributed by atoms with van der Waals surface area (Å²) in [7, 11) is 2.13. The molecule has 23 heavy (non-hydrogen) atoms. The topological polar surface area (TPSA) is 76.3 Å². The Kier molecular flexibility index (Phi) is 4.26. The van der Waals surface area contributed by atoms with Crippen LogP contribution in [0.2, 0.25) is 0 Å². The lowest BCUT2D eigenvalue weighted by Gasteiger charge is -2.24. The summed E-state index contributed by atoms with van der Waals surface area (Å²) in [5.41, 5.74) is 0. The number of rotatable bonds is 4. The van der Waals surface area contributed by atoms with Crippen LogP contribution in [0.1, 0.15) is 5.82 Å². The van der Waals surface area contributed by atoms with E-state index in [1.807, 2.05) is 24.9 Å². The highest BCUT2D eigenvalue weighted by molar-refractivity contribution is 7.89. The molecule has 0 spiro atoms. The highest BCUT2D eigenvalue weighted by Gasteiger charge is 2.33. The number of aryl methyl sites for hydroxylation is 1. The molecular formula is C14H22N6O2S. The molecule has 2 aromatic rings. The Balaban J connectivity index is 1.94. The second kappa shape index (κ2) is 6.06. The van der Waals surface area contributed by atoms with Crippen molar-refractivity contribution in [2.75, 3.05) is 27.2 Å². The molecule has 126 valence electrons. The molecule has 0 bridgehead atoms. The van der Waals surface area contributed by atoms with Gasteiger partial charge in [0.05, 0.1) is 12.9 Å². The Morgan fingerprint density at radius 3 is 2.74 bits per heavy atom. The van der Waals surface area contributed by atoms with Crippen molar-refractivity contribution in [2.45, 2.75) is 18.1 Å². The van der Waals surface area contributed by atoms with Gasteiger partial charge in [-0.3, -0.25) is 0 Å². The summed E-state index contributed by atoms with van der Waals surface area (Å²) in [6, 6.07) is 0. The van der Waals surface area contributed by atoms with Crippen LogP contribution in [0, 0.1) is 5.92 Å². The van der Waals surface area contributed by atoms with Gasteiger partial charge in [0.1, 0.15) is 5.82 Å². The maximum atomic E-state index is 12.9. The minimum Gasteiger partial charge on any atom is -0.339 e. The maximum Gasteiger partial charge on any atom is 0.262 e. The van der Waals surface area contributed by atoms with Gasteiger partial charge in [-0.15, -0.1) is 0 Å². The van der Waals surface area contributed by atoms with Crippen LogP contribution in [0.5, 0.6) is 0 Å². The summed E-state index contributed by atoms with van der Waals surface area (Å²) in [6.07, 6.45) is 6.67. The van der Waals surface area contributed by atoms with E-state index >= 15 is 0 Å². The third kappa shape index (κ3) is 3.31. The van der Waals surface area contributed by atoms with E-state index in [1.54, 1.807) is 17.8 Å². The van der Waals surface area contributed by atoms with Gasteiger partial charge in [-0.1, -0.05) is 0 Å². The number of fused-ring (bicyclic) bond motifs is 1. The Bertz CT molecular complexity index is 779. The molecule has 0 fully saturated rings. The van der Waals surface area contributed by atoms with E-state index in [4.69, 9.17) is 0 Å². The third-order valence-corrected chi connectivity index (χ3v) is 5.64. The first-order valence-electron chi connectivity index (χ1n) is 7.49. The first-order chi connectivity index (χ1) is 10.9. The van der Waals surface area contributed by atoms with Gasteiger partial charge in [-0.2, -0.15) is 4.31 Å². The molecule has 0 N–H and O–H groups in total. The van der Waals surface area contributed by atoms with Gasteiger partial charge in [-0.05, 0) is 14.1 Å². The van der Waals surface area contributed by atoms with Crippen molar-refractivity contribution in [3.8, 4) is 0 Å². The quantitative estimate of drug-likeness (QED) is 0.784. The second-order valence-electron chi connectivity index (χ2n) is 6.30. The predicted octanol–water partition coefficient (Wildman–Crippen LogP) is -0.00110. The van der Waals surface area contributed by atoms with Crippen molar-refractivity contribution in [1.82, 2.24) is 28.3 Å². The summed E-state index contributed by atoms with van der Waals surface area (Å²) in [6.45, 7) is 2.31. The summed E-state index contributed by atoms with van der Waals surface area (Å²) in [4.78, 5) is 10.4. The standard InChI is InChI=1S/C14H22N6O2S/c1-17(2)6-12-7-19-5-4-15-13(19)9-20(8-12)23(21,22)14-10-18(3)11-16-14/h4-5,10-12H,6-9H2,1-3H3/t12-/m1/s1. The lowest BCUT2D eigenvalue weighted by atomic mass is 10.1. The second-order valence-corrected chi connectivity index (χ2v) is 8.18. The molecule has 3 heterocycles. The summed E-state index contributed by atoms with van der Waals surface area (Å²) in [5, 5.41) is 0.0867. The van der Waals surface area contributed by atoms with Crippen molar-refractivity contribution in [1.29, 1.82) is 0 Å². The van der Waals surface area contributed by atoms with E-state index < -0.39 is 10.0 Å². The van der Waals surface area contributed by atoms with Crippen molar-refractivity contribution < 1.29 is 8.42 Å². The Morgan fingerprint density at radius 2 is 2.09 bits per heavy atom. The molecular weight excluding hydrogens is 316 g/mol. The van der Waals surface area contributed by atoms with Crippen LogP contribution in [0.15, 0.2) is 29.9 Å². The van der Waals surface area contributed by atoms with E-state index in [9.17, 15) is 8.42 Å². The number of nitrogens with zero attached hydrogens (tertiary/aromatic N) is 6. The number of hydrogen-bond acceptors (Lipinski definition) is 5. The van der Waals surface area contributed by atoms with Gasteiger partial charge >= 0.3 is 0 Å². The average molecular weight is 338 g/mol. The van der Waals surface area contributed by atoms with Gasteiger partial charge < -0.3 is 14.0 Å². The van der Waals surface area contributed by atoms with Crippen LogP contribution in [0.3, 0.4) is 0 Å². The molecule has 0 amide bonds. The molecule has 0 unspecified atom stereocenters. The normalized spacial score (nSPS) is 19.7. The number of imidazole rings is 2. The van der Waals surface area contributed by atoms with E-state index in [2.05, 4.69) is 14.9 Å². The molecule has 2 aromatic heterocycles. The van der Waals surface area contributed by atoms with Crippen molar-refractivity contribution >= 4 is 10.0 Å². The molecule has 1 aliphatic rings. The molecule has 9 heteroatoms. The van der Waals surface area contributed by atoms with E-state index in [1.165, 1.54) is 16.8 Å². The molecule has 0 saturated heterocycles. The number of sulfonamides is 1. The Labute approximate surface area is 136 Å². The fraction of sp³-hybridized carbons (Fsp3) is 0.571. The largest absolute Gasteiger partial charge is 0.339 e. The highest BCUT2D eigenvalue weighted by atomic mass is 32.2. The zero-order valence-corrected chi connectivity index (χ0v) is 14.4. The van der Waals surface area contributed by atoms with Gasteiger partial charge in [0.25, 0.3) is 10.0 Å². The zero-order chi connectivity index (χ0) is 16.6. The minimum absolute atomic E-state index is 0.0867. The summed E-state index contributed by atoms with van der Waals surface area (Å²) >= 11 is 0. The van der Waals surface area contributed by atoms with Crippen LogP contribution < -0.4 is 0 Å². The molecule has 1 atom stereocenters. The minimum atomic E-state index is -3.62. The van der Waals surface area contributed by atoms with Crippen LogP contribution in [0.25, 0.3) is 0 Å². The number of hydrogen-bond donors (Lipinski definition) is 0. The van der Waals surface area contributed by atoms with E-state index in [0.29, 0.717) is 6.54 Å². The molecule has 0 saturated carbocycles. The van der Waals surface area contributed by atoms with Crippen LogP contribution in [-0.4, -0.2) is 63.9 Å². The first kappa shape index (κ1) is 16.2. The van der Waals surface area contributed by atoms with Crippen LogP contribution >= 0.6 is 0 Å². The molecule has 1 aliphatic heterocycles. The Morgan fingerprint density at radius 1 is 1.30 bits per heavy atom. The van der Waals surface area contributed by atoms with E-state index in [0.717, 1.165) is 18.9 Å². The number of aromatic nitrogens is 4. The summed E-state index contributed by atoms with van der Waals surface area (Å²) in [5.74, 6) is 0.963. The summed E-state index contributed by atoms with van der Waals surface area (Å²) < 4.78 is 31.0. The van der Waals surface area contributed by atoms with E-state index in [-0.39, 0.29) is 17.5 Å². The predicted molar refractivity (Wildman–Crippen MR) is 85.1 cm³/mol. The smallest absolute Gasteiger partial charge is 0.262 e.